The first-order chi connectivity index (χ1) is 13.1. The maximum Gasteiger partial charge on any atom is 0.229 e. The second-order valence-electron chi connectivity index (χ2n) is 7.22. The quantitative estimate of drug-likeness (QED) is 0.589. The van der Waals surface area contributed by atoms with E-state index in [9.17, 15) is 4.79 Å². The molecular weight excluding hydrogens is 428 g/mol. The van der Waals surface area contributed by atoms with Crippen LogP contribution < -0.4 is 4.74 Å². The number of aromatic amines is 1. The Balaban J connectivity index is 1.40. The van der Waals surface area contributed by atoms with E-state index in [4.69, 9.17) is 16.3 Å². The Kier molecular flexibility index (Phi) is 4.17. The number of nitrogens with zero attached hydrogens (tertiary/aromatic N) is 1. The van der Waals surface area contributed by atoms with Gasteiger partial charge in [-0.3, -0.25) is 4.79 Å². The van der Waals surface area contributed by atoms with Crippen LogP contribution in [0, 0.1) is 5.92 Å². The van der Waals surface area contributed by atoms with Crippen LogP contribution in [0.3, 0.4) is 0 Å². The van der Waals surface area contributed by atoms with E-state index < -0.39 is 0 Å². The van der Waals surface area contributed by atoms with Gasteiger partial charge in [-0.25, -0.2) is 0 Å². The molecule has 0 spiro atoms. The van der Waals surface area contributed by atoms with Gasteiger partial charge in [0.05, 0.1) is 11.4 Å². The number of fused-ring (bicyclic) bond motifs is 4. The van der Waals surface area contributed by atoms with Crippen molar-refractivity contribution in [2.45, 2.75) is 19.4 Å². The molecule has 5 rings (SSSR count). The van der Waals surface area contributed by atoms with Gasteiger partial charge in [-0.2, -0.15) is 0 Å². The number of halogens is 2. The fraction of sp³-hybridized carbons (Fsp3) is 0.286. The molecule has 138 valence electrons. The second kappa shape index (κ2) is 6.57. The largest absolute Gasteiger partial charge is 0.492 e. The van der Waals surface area contributed by atoms with Gasteiger partial charge < -0.3 is 14.6 Å². The molecule has 1 amide bonds. The van der Waals surface area contributed by atoms with Crippen molar-refractivity contribution in [1.82, 2.24) is 9.88 Å². The maximum atomic E-state index is 13.2. The maximum absolute atomic E-state index is 13.2. The van der Waals surface area contributed by atoms with Crippen molar-refractivity contribution in [2.75, 3.05) is 13.2 Å². The van der Waals surface area contributed by atoms with Gasteiger partial charge >= 0.3 is 0 Å². The summed E-state index contributed by atoms with van der Waals surface area (Å²) in [5.74, 6) is 0.843. The molecule has 6 heteroatoms. The minimum Gasteiger partial charge on any atom is -0.492 e. The lowest BCUT2D eigenvalue weighted by Crippen LogP contribution is -2.43. The molecule has 1 unspecified atom stereocenters. The van der Waals surface area contributed by atoms with Crippen molar-refractivity contribution in [3.8, 4) is 5.75 Å². The molecule has 0 aliphatic carbocycles. The zero-order valence-corrected chi connectivity index (χ0v) is 16.9. The summed E-state index contributed by atoms with van der Waals surface area (Å²) in [6, 6.07) is 11.8. The highest BCUT2D eigenvalue weighted by Crippen LogP contribution is 2.34. The highest BCUT2D eigenvalue weighted by Gasteiger charge is 2.32. The Bertz CT molecular complexity index is 1060. The van der Waals surface area contributed by atoms with Crippen molar-refractivity contribution in [3.63, 3.8) is 0 Å². The van der Waals surface area contributed by atoms with Gasteiger partial charge in [0.1, 0.15) is 12.4 Å². The third-order valence-corrected chi connectivity index (χ3v) is 6.45. The minimum atomic E-state index is -0.158. The summed E-state index contributed by atoms with van der Waals surface area (Å²) >= 11 is 9.72. The van der Waals surface area contributed by atoms with Gasteiger partial charge in [0.15, 0.2) is 0 Å². The second-order valence-corrected chi connectivity index (χ2v) is 8.51. The smallest absolute Gasteiger partial charge is 0.229 e. The first-order valence-corrected chi connectivity index (χ1v) is 10.2. The predicted molar refractivity (Wildman–Crippen MR) is 109 cm³/mol. The fourth-order valence-corrected chi connectivity index (χ4v) is 4.83. The Hall–Kier alpha value is -1.98. The number of nitrogens with one attached hydrogen (secondary N) is 1. The number of carbonyl (C=O) groups excluding carboxylic acids is 1. The monoisotopic (exact) mass is 444 g/mol. The summed E-state index contributed by atoms with van der Waals surface area (Å²) < 4.78 is 6.88. The van der Waals surface area contributed by atoms with Crippen LogP contribution in [-0.2, 0) is 24.2 Å². The van der Waals surface area contributed by atoms with Crippen LogP contribution in [0.2, 0.25) is 5.02 Å². The highest BCUT2D eigenvalue weighted by atomic mass is 79.9. The number of para-hydroxylation sites is 1. The van der Waals surface area contributed by atoms with Gasteiger partial charge in [-0.1, -0.05) is 23.7 Å². The Morgan fingerprint density at radius 3 is 3.07 bits per heavy atom. The Morgan fingerprint density at radius 2 is 2.19 bits per heavy atom. The first-order valence-electron chi connectivity index (χ1n) is 9.08. The van der Waals surface area contributed by atoms with Crippen LogP contribution >= 0.6 is 27.5 Å². The van der Waals surface area contributed by atoms with Gasteiger partial charge in [0, 0.05) is 45.6 Å². The van der Waals surface area contributed by atoms with Crippen LogP contribution in [0.5, 0.6) is 5.75 Å². The molecule has 4 nitrogen and oxygen atoms in total. The third kappa shape index (κ3) is 2.93. The van der Waals surface area contributed by atoms with Crippen LogP contribution in [-0.4, -0.2) is 28.9 Å². The molecule has 3 aromatic rings. The lowest BCUT2D eigenvalue weighted by molar-refractivity contribution is -0.137. The van der Waals surface area contributed by atoms with Crippen LogP contribution in [0.4, 0.5) is 0 Å². The van der Waals surface area contributed by atoms with E-state index in [0.29, 0.717) is 24.6 Å². The molecule has 1 N–H and O–H groups in total. The van der Waals surface area contributed by atoms with Crippen molar-refractivity contribution < 1.29 is 9.53 Å². The van der Waals surface area contributed by atoms with Crippen molar-refractivity contribution in [1.29, 1.82) is 0 Å². The molecule has 0 radical (unpaired) electrons. The average Bonchev–Trinajstić information content (AvgIpc) is 3.06. The summed E-state index contributed by atoms with van der Waals surface area (Å²) in [6.07, 6.45) is 1.52. The number of aromatic nitrogens is 1. The summed E-state index contributed by atoms with van der Waals surface area (Å²) in [6.45, 7) is 1.80. The number of H-pyrrole nitrogens is 1. The predicted octanol–water partition coefficient (Wildman–Crippen LogP) is 4.72. The molecule has 0 saturated heterocycles. The van der Waals surface area contributed by atoms with E-state index in [0.717, 1.165) is 34.3 Å². The lowest BCUT2D eigenvalue weighted by atomic mass is 9.94. The molecule has 2 aliphatic heterocycles. The zero-order chi connectivity index (χ0) is 18.5. The van der Waals surface area contributed by atoms with E-state index in [1.54, 1.807) is 0 Å². The lowest BCUT2D eigenvalue weighted by Gasteiger charge is -2.32. The first kappa shape index (κ1) is 17.1. The van der Waals surface area contributed by atoms with E-state index >= 15 is 0 Å². The van der Waals surface area contributed by atoms with Crippen molar-refractivity contribution in [2.24, 2.45) is 5.92 Å². The van der Waals surface area contributed by atoms with Crippen LogP contribution in [0.25, 0.3) is 10.9 Å². The van der Waals surface area contributed by atoms with Crippen LogP contribution in [0.1, 0.15) is 16.8 Å². The van der Waals surface area contributed by atoms with Crippen molar-refractivity contribution in [3.05, 3.63) is 62.7 Å². The van der Waals surface area contributed by atoms with E-state index in [1.165, 1.54) is 16.6 Å². The number of carbonyl (C=O) groups is 1. The highest BCUT2D eigenvalue weighted by molar-refractivity contribution is 9.10. The molecule has 3 heterocycles. The van der Waals surface area contributed by atoms with E-state index in [-0.39, 0.29) is 11.8 Å². The van der Waals surface area contributed by atoms with Crippen LogP contribution in [0.15, 0.2) is 40.9 Å². The average molecular weight is 446 g/mol. The molecule has 0 fully saturated rings. The summed E-state index contributed by atoms with van der Waals surface area (Å²) in [5, 5.41) is 1.87. The summed E-state index contributed by atoms with van der Waals surface area (Å²) in [5.41, 5.74) is 4.59. The number of ether oxygens (including phenoxy) is 1. The molecule has 2 aromatic carbocycles. The summed E-state index contributed by atoms with van der Waals surface area (Å²) in [7, 11) is 0. The van der Waals surface area contributed by atoms with Crippen molar-refractivity contribution >= 4 is 44.3 Å². The fourth-order valence-electron chi connectivity index (χ4n) is 4.17. The standard InChI is InChI=1S/C21H18BrClN2O2/c22-17-3-1-2-15-16-10-25(7-6-18(16)24-20(15)17)21(26)13-8-12-9-14(23)4-5-19(12)27-11-13/h1-5,9,13,24H,6-8,10-11H2. The van der Waals surface area contributed by atoms with Gasteiger partial charge in [0.25, 0.3) is 0 Å². The number of rotatable bonds is 1. The molecule has 2 aliphatic rings. The topological polar surface area (TPSA) is 45.3 Å². The minimum absolute atomic E-state index is 0.158. The van der Waals surface area contributed by atoms with Gasteiger partial charge in [0.2, 0.25) is 5.91 Å². The third-order valence-electron chi connectivity index (χ3n) is 5.55. The number of hydrogen-bond donors (Lipinski definition) is 1. The summed E-state index contributed by atoms with van der Waals surface area (Å²) in [4.78, 5) is 18.7. The molecular formula is C21H18BrClN2O2. The Labute approximate surface area is 170 Å². The zero-order valence-electron chi connectivity index (χ0n) is 14.6. The molecule has 1 atom stereocenters. The van der Waals surface area contributed by atoms with E-state index in [2.05, 4.69) is 27.0 Å². The van der Waals surface area contributed by atoms with Gasteiger partial charge in [-0.15, -0.1) is 0 Å². The Morgan fingerprint density at radius 1 is 1.30 bits per heavy atom. The van der Waals surface area contributed by atoms with E-state index in [1.807, 2.05) is 35.2 Å². The number of amides is 1. The SMILES string of the molecule is O=C(C1COc2ccc(Cl)cc2C1)N1CCc2[nH]c3c(Br)cccc3c2C1. The number of benzene rings is 2. The molecule has 0 bridgehead atoms. The van der Waals surface area contributed by atoms with Gasteiger partial charge in [-0.05, 0) is 52.2 Å². The normalized spacial score (nSPS) is 18.7. The number of hydrogen-bond acceptors (Lipinski definition) is 2. The molecule has 27 heavy (non-hydrogen) atoms. The molecule has 0 saturated carbocycles. The molecule has 1 aromatic heterocycles.